The van der Waals surface area contributed by atoms with Crippen LogP contribution in [0.15, 0.2) is 65.6 Å². The third-order valence-corrected chi connectivity index (χ3v) is 9.53. The van der Waals surface area contributed by atoms with Crippen molar-refractivity contribution in [2.45, 2.75) is 64.9 Å². The first kappa shape index (κ1) is 32.4. The highest BCUT2D eigenvalue weighted by atomic mass is 35.5. The molecule has 1 atom stereocenters. The fourth-order valence-corrected chi connectivity index (χ4v) is 5.93. The molecular formula is C31H37Cl2N3O4S. The Hall–Kier alpha value is -3.07. The van der Waals surface area contributed by atoms with Crippen LogP contribution in [-0.4, -0.2) is 44.3 Å². The topological polar surface area (TPSA) is 86.8 Å². The van der Waals surface area contributed by atoms with Crippen LogP contribution in [0, 0.1) is 20.8 Å². The molecule has 7 nitrogen and oxygen atoms in total. The molecule has 10 heteroatoms. The fourth-order valence-electron chi connectivity index (χ4n) is 4.20. The van der Waals surface area contributed by atoms with Gasteiger partial charge >= 0.3 is 0 Å². The summed E-state index contributed by atoms with van der Waals surface area (Å²) in [7, 11) is -4.13. The number of nitrogens with zero attached hydrogens (tertiary/aromatic N) is 2. The van der Waals surface area contributed by atoms with Crippen molar-refractivity contribution >= 4 is 50.7 Å². The van der Waals surface area contributed by atoms with E-state index in [1.165, 1.54) is 17.0 Å². The van der Waals surface area contributed by atoms with E-state index in [1.807, 2.05) is 33.8 Å². The number of sulfonamides is 1. The summed E-state index contributed by atoms with van der Waals surface area (Å²) in [5.41, 5.74) is 3.80. The van der Waals surface area contributed by atoms with E-state index in [2.05, 4.69) is 5.32 Å². The quantitative estimate of drug-likeness (QED) is 0.237. The Morgan fingerprint density at radius 3 is 2.20 bits per heavy atom. The normalized spacial score (nSPS) is 12.1. The number of nitrogens with one attached hydrogen (secondary N) is 1. The number of anilines is 1. The molecule has 0 saturated heterocycles. The molecule has 0 spiro atoms. The van der Waals surface area contributed by atoms with Crippen molar-refractivity contribution in [2.75, 3.05) is 17.4 Å². The van der Waals surface area contributed by atoms with Gasteiger partial charge in [0.25, 0.3) is 10.0 Å². The molecule has 3 aromatic carbocycles. The second-order valence-corrected chi connectivity index (χ2v) is 12.9. The molecule has 0 heterocycles. The summed E-state index contributed by atoms with van der Waals surface area (Å²) >= 11 is 12.3. The summed E-state index contributed by atoms with van der Waals surface area (Å²) in [6.07, 6.45) is 1.71. The first-order chi connectivity index (χ1) is 19.3. The predicted octanol–water partition coefficient (Wildman–Crippen LogP) is 6.45. The molecule has 0 fully saturated rings. The molecule has 220 valence electrons. The number of amides is 2. The second kappa shape index (κ2) is 14.2. The lowest BCUT2D eigenvalue weighted by molar-refractivity contribution is -0.139. The Balaban J connectivity index is 2.04. The lowest BCUT2D eigenvalue weighted by Crippen LogP contribution is -2.51. The monoisotopic (exact) mass is 617 g/mol. The van der Waals surface area contributed by atoms with Gasteiger partial charge in [-0.15, -0.1) is 0 Å². The smallest absolute Gasteiger partial charge is 0.264 e. The molecule has 3 rings (SSSR count). The molecule has 3 aromatic rings. The third-order valence-electron chi connectivity index (χ3n) is 7.00. The minimum Gasteiger partial charge on any atom is -0.354 e. The van der Waals surface area contributed by atoms with Crippen molar-refractivity contribution in [1.82, 2.24) is 10.2 Å². The van der Waals surface area contributed by atoms with Gasteiger partial charge in [-0.1, -0.05) is 66.4 Å². The molecule has 0 unspecified atom stereocenters. The van der Waals surface area contributed by atoms with Gasteiger partial charge in [0.15, 0.2) is 0 Å². The van der Waals surface area contributed by atoms with Crippen LogP contribution in [0.4, 0.5) is 5.69 Å². The molecule has 0 saturated carbocycles. The van der Waals surface area contributed by atoms with Crippen LogP contribution in [0.1, 0.15) is 48.9 Å². The summed E-state index contributed by atoms with van der Waals surface area (Å²) < 4.78 is 29.0. The zero-order valence-corrected chi connectivity index (χ0v) is 26.4. The van der Waals surface area contributed by atoms with Gasteiger partial charge in [-0.3, -0.25) is 13.9 Å². The van der Waals surface area contributed by atoms with Crippen molar-refractivity contribution in [3.8, 4) is 0 Å². The number of carbonyl (C=O) groups is 2. The van der Waals surface area contributed by atoms with Crippen LogP contribution < -0.4 is 9.62 Å². The van der Waals surface area contributed by atoms with E-state index in [0.717, 1.165) is 33.8 Å². The Bertz CT molecular complexity index is 1490. The van der Waals surface area contributed by atoms with Gasteiger partial charge < -0.3 is 10.2 Å². The number of benzene rings is 3. The zero-order valence-electron chi connectivity index (χ0n) is 24.1. The summed E-state index contributed by atoms with van der Waals surface area (Å²) in [5, 5.41) is 3.55. The van der Waals surface area contributed by atoms with Gasteiger partial charge in [0, 0.05) is 13.1 Å². The van der Waals surface area contributed by atoms with E-state index in [-0.39, 0.29) is 17.3 Å². The predicted molar refractivity (Wildman–Crippen MR) is 166 cm³/mol. The highest BCUT2D eigenvalue weighted by Crippen LogP contribution is 2.28. The average molecular weight is 619 g/mol. The molecular weight excluding hydrogens is 581 g/mol. The van der Waals surface area contributed by atoms with Crippen molar-refractivity contribution in [3.63, 3.8) is 0 Å². The van der Waals surface area contributed by atoms with Gasteiger partial charge in [0.1, 0.15) is 12.6 Å². The summed E-state index contributed by atoms with van der Waals surface area (Å²) in [6.45, 7) is 9.34. The molecule has 0 radical (unpaired) electrons. The number of carbonyl (C=O) groups excluding carboxylic acids is 2. The van der Waals surface area contributed by atoms with Crippen molar-refractivity contribution < 1.29 is 18.0 Å². The fraction of sp³-hybridized carbons (Fsp3) is 0.355. The minimum absolute atomic E-state index is 0.0312. The SMILES string of the molecule is CCCCNC(=O)[C@@H](C)N(Cc1ccc(Cl)c(Cl)c1)C(=O)CN(c1ccc(C)c(C)c1)S(=O)(=O)c1ccc(C)cc1. The lowest BCUT2D eigenvalue weighted by atomic mass is 10.1. The van der Waals surface area contributed by atoms with E-state index in [4.69, 9.17) is 23.2 Å². The Morgan fingerprint density at radius 1 is 0.902 bits per heavy atom. The van der Waals surface area contributed by atoms with Crippen molar-refractivity contribution in [2.24, 2.45) is 0 Å². The highest BCUT2D eigenvalue weighted by molar-refractivity contribution is 7.92. The number of rotatable bonds is 12. The second-order valence-electron chi connectivity index (χ2n) is 10.2. The number of aryl methyl sites for hydroxylation is 3. The van der Waals surface area contributed by atoms with E-state index < -0.39 is 28.5 Å². The first-order valence-corrected chi connectivity index (χ1v) is 15.7. The van der Waals surface area contributed by atoms with Gasteiger partial charge in [-0.05, 0) is 87.2 Å². The maximum Gasteiger partial charge on any atom is 0.264 e. The molecule has 0 aromatic heterocycles. The van der Waals surface area contributed by atoms with Gasteiger partial charge in [0.2, 0.25) is 11.8 Å². The van der Waals surface area contributed by atoms with Crippen LogP contribution in [0.5, 0.6) is 0 Å². The highest BCUT2D eigenvalue weighted by Gasteiger charge is 2.32. The molecule has 1 N–H and O–H groups in total. The van der Waals surface area contributed by atoms with Gasteiger partial charge in [-0.25, -0.2) is 8.42 Å². The van der Waals surface area contributed by atoms with Crippen molar-refractivity contribution in [1.29, 1.82) is 0 Å². The maximum atomic E-state index is 14.0. The van der Waals surface area contributed by atoms with E-state index >= 15 is 0 Å². The molecule has 0 aliphatic carbocycles. The van der Waals surface area contributed by atoms with Crippen LogP contribution in [0.2, 0.25) is 10.0 Å². The minimum atomic E-state index is -4.13. The molecule has 0 bridgehead atoms. The number of hydrogen-bond donors (Lipinski definition) is 1. The van der Waals surface area contributed by atoms with Gasteiger partial charge in [0.05, 0.1) is 20.6 Å². The van der Waals surface area contributed by atoms with Crippen LogP contribution in [0.3, 0.4) is 0 Å². The summed E-state index contributed by atoms with van der Waals surface area (Å²) in [4.78, 5) is 28.5. The first-order valence-electron chi connectivity index (χ1n) is 13.5. The third kappa shape index (κ3) is 8.24. The largest absolute Gasteiger partial charge is 0.354 e. The number of halogens is 2. The number of unbranched alkanes of at least 4 members (excludes halogenated alkanes) is 1. The molecule has 2 amide bonds. The Kier molecular flexibility index (Phi) is 11.2. The average Bonchev–Trinajstić information content (AvgIpc) is 2.93. The van der Waals surface area contributed by atoms with Crippen molar-refractivity contribution in [3.05, 3.63) is 93.0 Å². The Morgan fingerprint density at radius 2 is 1.59 bits per heavy atom. The zero-order chi connectivity index (χ0) is 30.3. The van der Waals surface area contributed by atoms with Gasteiger partial charge in [-0.2, -0.15) is 0 Å². The number of hydrogen-bond acceptors (Lipinski definition) is 4. The van der Waals surface area contributed by atoms with Crippen LogP contribution in [0.25, 0.3) is 0 Å². The summed E-state index contributed by atoms with van der Waals surface area (Å²) in [5.74, 6) is -0.867. The lowest BCUT2D eigenvalue weighted by Gasteiger charge is -2.32. The molecule has 0 aliphatic rings. The van der Waals surface area contributed by atoms with E-state index in [0.29, 0.717) is 27.8 Å². The summed E-state index contributed by atoms with van der Waals surface area (Å²) in [6, 6.07) is 15.8. The van der Waals surface area contributed by atoms with Crippen LogP contribution >= 0.6 is 23.2 Å². The van der Waals surface area contributed by atoms with E-state index in [9.17, 15) is 18.0 Å². The van der Waals surface area contributed by atoms with E-state index in [1.54, 1.807) is 49.4 Å². The molecule has 0 aliphatic heterocycles. The maximum absolute atomic E-state index is 14.0. The standard InChI is InChI=1S/C31H37Cl2N3O4S/c1-6-7-16-34-31(38)24(5)35(19-25-11-15-28(32)29(33)18-25)30(37)20-36(26-12-10-22(3)23(4)17-26)41(39,40)27-13-8-21(2)9-14-27/h8-15,17-18,24H,6-7,16,19-20H2,1-5H3,(H,34,38)/t24-/m1/s1. The Labute approximate surface area is 253 Å². The van der Waals surface area contributed by atoms with Crippen LogP contribution in [-0.2, 0) is 26.2 Å². The molecule has 41 heavy (non-hydrogen) atoms.